The molecular formula is C19H28N2O2. The van der Waals surface area contributed by atoms with Gasteiger partial charge in [-0.3, -0.25) is 4.79 Å². The van der Waals surface area contributed by atoms with Crippen LogP contribution < -0.4 is 10.6 Å². The highest BCUT2D eigenvalue weighted by molar-refractivity contribution is 5.76. The van der Waals surface area contributed by atoms with Gasteiger partial charge in [0, 0.05) is 43.5 Å². The lowest BCUT2D eigenvalue weighted by atomic mass is 9.55. The van der Waals surface area contributed by atoms with Gasteiger partial charge in [0.1, 0.15) is 0 Å². The molecule has 0 aromatic heterocycles. The van der Waals surface area contributed by atoms with Crippen LogP contribution in [0.5, 0.6) is 0 Å². The molecule has 1 aliphatic carbocycles. The highest BCUT2D eigenvalue weighted by Gasteiger charge is 2.57. The third-order valence-corrected chi connectivity index (χ3v) is 5.38. The van der Waals surface area contributed by atoms with Gasteiger partial charge in [-0.2, -0.15) is 0 Å². The summed E-state index contributed by atoms with van der Waals surface area (Å²) in [5.74, 6) is 0.723. The van der Waals surface area contributed by atoms with Crippen molar-refractivity contribution >= 4 is 5.91 Å². The van der Waals surface area contributed by atoms with Crippen LogP contribution in [0.25, 0.3) is 0 Å². The molecule has 126 valence electrons. The van der Waals surface area contributed by atoms with Gasteiger partial charge in [0.2, 0.25) is 5.91 Å². The number of ether oxygens (including phenoxy) is 1. The Hall–Kier alpha value is -1.39. The van der Waals surface area contributed by atoms with Crippen molar-refractivity contribution in [1.82, 2.24) is 10.6 Å². The van der Waals surface area contributed by atoms with E-state index in [1.54, 1.807) is 0 Å². The highest BCUT2D eigenvalue weighted by Crippen LogP contribution is 2.51. The fraction of sp³-hybridized carbons (Fsp3) is 0.632. The summed E-state index contributed by atoms with van der Waals surface area (Å²) in [5, 5.41) is 6.58. The summed E-state index contributed by atoms with van der Waals surface area (Å²) in [6.07, 6.45) is 3.32. The minimum absolute atomic E-state index is 0.106. The van der Waals surface area contributed by atoms with E-state index in [-0.39, 0.29) is 11.3 Å². The van der Waals surface area contributed by atoms with Gasteiger partial charge in [-0.15, -0.1) is 0 Å². The number of carbonyl (C=O) groups is 1. The first-order chi connectivity index (χ1) is 11.1. The second kappa shape index (κ2) is 7.02. The Balaban J connectivity index is 1.38. The lowest BCUT2D eigenvalue weighted by Crippen LogP contribution is -2.69. The highest BCUT2D eigenvalue weighted by atomic mass is 16.5. The van der Waals surface area contributed by atoms with Crippen LogP contribution in [0, 0.1) is 11.3 Å². The predicted molar refractivity (Wildman–Crippen MR) is 90.9 cm³/mol. The summed E-state index contributed by atoms with van der Waals surface area (Å²) >= 11 is 0. The van der Waals surface area contributed by atoms with Gasteiger partial charge in [0.25, 0.3) is 0 Å². The summed E-state index contributed by atoms with van der Waals surface area (Å²) in [5.41, 5.74) is 1.31. The number of hydrogen-bond acceptors (Lipinski definition) is 3. The van der Waals surface area contributed by atoms with E-state index >= 15 is 0 Å². The Bertz CT molecular complexity index is 529. The Morgan fingerprint density at radius 1 is 1.30 bits per heavy atom. The molecule has 1 amide bonds. The van der Waals surface area contributed by atoms with Crippen LogP contribution in [0.3, 0.4) is 0 Å². The van der Waals surface area contributed by atoms with Gasteiger partial charge >= 0.3 is 0 Å². The number of rotatable bonds is 6. The molecule has 3 atom stereocenters. The molecule has 1 saturated carbocycles. The molecule has 1 aliphatic heterocycles. The quantitative estimate of drug-likeness (QED) is 0.848. The molecule has 1 aromatic carbocycles. The first-order valence-electron chi connectivity index (χ1n) is 8.74. The van der Waals surface area contributed by atoms with Gasteiger partial charge in [-0.05, 0) is 18.4 Å². The van der Waals surface area contributed by atoms with Crippen LogP contribution in [0.1, 0.15) is 38.7 Å². The van der Waals surface area contributed by atoms with Gasteiger partial charge in [0.05, 0.1) is 6.10 Å². The van der Waals surface area contributed by atoms with Crippen LogP contribution in [-0.2, 0) is 16.1 Å². The molecule has 4 heteroatoms. The van der Waals surface area contributed by atoms with Crippen LogP contribution in [-0.4, -0.2) is 31.2 Å². The zero-order chi connectivity index (χ0) is 16.3. The molecule has 4 nitrogen and oxygen atoms in total. The van der Waals surface area contributed by atoms with E-state index in [1.807, 2.05) is 30.3 Å². The third-order valence-electron chi connectivity index (χ3n) is 5.38. The smallest absolute Gasteiger partial charge is 0.221 e. The van der Waals surface area contributed by atoms with Crippen molar-refractivity contribution in [2.75, 3.05) is 13.2 Å². The molecule has 0 bridgehead atoms. The van der Waals surface area contributed by atoms with E-state index in [0.717, 1.165) is 25.1 Å². The van der Waals surface area contributed by atoms with Gasteiger partial charge in [0.15, 0.2) is 0 Å². The molecule has 2 aliphatic rings. The maximum Gasteiger partial charge on any atom is 0.221 e. The maximum absolute atomic E-state index is 12.0. The number of hydrogen-bond donors (Lipinski definition) is 2. The molecule has 23 heavy (non-hydrogen) atoms. The van der Waals surface area contributed by atoms with Crippen LogP contribution in [0.2, 0.25) is 0 Å². The monoisotopic (exact) mass is 316 g/mol. The number of nitrogens with one attached hydrogen (secondary N) is 2. The van der Waals surface area contributed by atoms with Gasteiger partial charge in [-0.1, -0.05) is 44.2 Å². The average Bonchev–Trinajstić information content (AvgIpc) is 2.57. The number of carbonyl (C=O) groups excluding carboxylic acids is 1. The van der Waals surface area contributed by atoms with Crippen molar-refractivity contribution in [3.8, 4) is 0 Å². The SMILES string of the molecule is CC1(C)[C@H](NCCC(=O)NCc2ccccc2)[C@@H]2CCCO[C@@H]21. The second-order valence-corrected chi connectivity index (χ2v) is 7.36. The first-order valence-corrected chi connectivity index (χ1v) is 8.74. The summed E-state index contributed by atoms with van der Waals surface area (Å²) in [4.78, 5) is 12.0. The van der Waals surface area contributed by atoms with Crippen molar-refractivity contribution in [2.24, 2.45) is 11.3 Å². The van der Waals surface area contributed by atoms with Crippen molar-refractivity contribution in [3.05, 3.63) is 35.9 Å². The van der Waals surface area contributed by atoms with E-state index in [1.165, 1.54) is 6.42 Å². The topological polar surface area (TPSA) is 50.4 Å². The van der Waals surface area contributed by atoms with E-state index in [9.17, 15) is 4.79 Å². The molecule has 0 unspecified atom stereocenters. The molecule has 2 N–H and O–H groups in total. The van der Waals surface area contributed by atoms with Crippen LogP contribution >= 0.6 is 0 Å². The number of benzene rings is 1. The summed E-state index contributed by atoms with van der Waals surface area (Å²) < 4.78 is 5.92. The lowest BCUT2D eigenvalue weighted by Gasteiger charge is -2.60. The van der Waals surface area contributed by atoms with Crippen LogP contribution in [0.15, 0.2) is 30.3 Å². The summed E-state index contributed by atoms with van der Waals surface area (Å²) in [7, 11) is 0. The van der Waals surface area contributed by atoms with E-state index in [0.29, 0.717) is 31.0 Å². The number of amides is 1. The lowest BCUT2D eigenvalue weighted by molar-refractivity contribution is -0.192. The van der Waals surface area contributed by atoms with Crippen molar-refractivity contribution in [3.63, 3.8) is 0 Å². The summed E-state index contributed by atoms with van der Waals surface area (Å²) in [6, 6.07) is 10.5. The Morgan fingerprint density at radius 2 is 2.09 bits per heavy atom. The zero-order valence-corrected chi connectivity index (χ0v) is 14.2. The van der Waals surface area contributed by atoms with Crippen molar-refractivity contribution < 1.29 is 9.53 Å². The normalized spacial score (nSPS) is 28.5. The van der Waals surface area contributed by atoms with E-state index in [2.05, 4.69) is 24.5 Å². The second-order valence-electron chi connectivity index (χ2n) is 7.36. The Labute approximate surface area is 139 Å². The Morgan fingerprint density at radius 3 is 2.87 bits per heavy atom. The minimum atomic E-state index is 0.106. The minimum Gasteiger partial charge on any atom is -0.377 e. The molecule has 2 fully saturated rings. The maximum atomic E-state index is 12.0. The summed E-state index contributed by atoms with van der Waals surface area (Å²) in [6.45, 7) is 6.78. The molecule has 1 saturated heterocycles. The Kier molecular flexibility index (Phi) is 5.02. The molecule has 0 spiro atoms. The van der Waals surface area contributed by atoms with Crippen molar-refractivity contribution in [1.29, 1.82) is 0 Å². The number of fused-ring (bicyclic) bond motifs is 1. The first kappa shape index (κ1) is 16.5. The van der Waals surface area contributed by atoms with Crippen molar-refractivity contribution in [2.45, 2.75) is 51.8 Å². The van der Waals surface area contributed by atoms with E-state index in [4.69, 9.17) is 4.74 Å². The largest absolute Gasteiger partial charge is 0.377 e. The molecule has 3 rings (SSSR count). The molecule has 1 aromatic rings. The van der Waals surface area contributed by atoms with E-state index < -0.39 is 0 Å². The average molecular weight is 316 g/mol. The molecule has 0 radical (unpaired) electrons. The van der Waals surface area contributed by atoms with Crippen LogP contribution in [0.4, 0.5) is 0 Å². The standard InChI is InChI=1S/C19H28N2O2/c1-19(2)17(15-9-6-12-23-18(15)19)20-11-10-16(22)21-13-14-7-4-3-5-8-14/h3-5,7-8,15,17-18,20H,6,9-13H2,1-2H3,(H,21,22)/t15-,17+,18-/m0/s1. The van der Waals surface area contributed by atoms with Gasteiger partial charge < -0.3 is 15.4 Å². The fourth-order valence-corrected chi connectivity index (χ4v) is 4.16. The predicted octanol–water partition coefficient (Wildman–Crippen LogP) is 2.49. The van der Waals surface area contributed by atoms with Gasteiger partial charge in [-0.25, -0.2) is 0 Å². The molecule has 1 heterocycles. The zero-order valence-electron chi connectivity index (χ0n) is 14.2. The molecular weight excluding hydrogens is 288 g/mol. The third kappa shape index (κ3) is 3.59. The fourth-order valence-electron chi connectivity index (χ4n) is 4.16.